The lowest BCUT2D eigenvalue weighted by Crippen LogP contribution is -2.43. The predicted molar refractivity (Wildman–Crippen MR) is 131 cm³/mol. The number of carbonyl (C=O) groups is 1. The van der Waals surface area contributed by atoms with Crippen LogP contribution in [0.2, 0.25) is 5.02 Å². The van der Waals surface area contributed by atoms with Gasteiger partial charge in [0.1, 0.15) is 0 Å². The van der Waals surface area contributed by atoms with Crippen molar-refractivity contribution in [1.29, 1.82) is 0 Å². The van der Waals surface area contributed by atoms with Crippen LogP contribution in [0, 0.1) is 0 Å². The zero-order valence-electron chi connectivity index (χ0n) is 19.0. The van der Waals surface area contributed by atoms with Crippen LogP contribution >= 0.6 is 24.0 Å². The molecule has 1 amide bonds. The van der Waals surface area contributed by atoms with E-state index >= 15 is 0 Å². The van der Waals surface area contributed by atoms with Crippen LogP contribution in [0.3, 0.4) is 0 Å². The molecule has 0 radical (unpaired) electrons. The number of rotatable bonds is 8. The summed E-state index contributed by atoms with van der Waals surface area (Å²) in [4.78, 5) is 14.7. The van der Waals surface area contributed by atoms with Crippen LogP contribution < -0.4 is 19.5 Å². The van der Waals surface area contributed by atoms with Gasteiger partial charge in [-0.1, -0.05) is 23.7 Å². The molecule has 0 aliphatic carbocycles. The SMILES string of the molecule is COc1cc(NC(=O)CCN2CCC(O)(c3ccc(Cl)cc3)CC2)cc(OC)c1OC.Cl.O. The number of piperidine rings is 1. The molecule has 0 aromatic heterocycles. The number of nitrogens with zero attached hydrogens (tertiary/aromatic N) is 1. The lowest BCUT2D eigenvalue weighted by molar-refractivity contribution is -0.116. The van der Waals surface area contributed by atoms with E-state index in [-0.39, 0.29) is 23.8 Å². The molecule has 1 saturated heterocycles. The number of benzene rings is 2. The summed E-state index contributed by atoms with van der Waals surface area (Å²) in [6.45, 7) is 2.06. The van der Waals surface area contributed by atoms with E-state index in [1.54, 1.807) is 24.3 Å². The Morgan fingerprint density at radius 1 is 1.06 bits per heavy atom. The molecular formula is C23H32Cl2N2O6. The molecule has 8 nitrogen and oxygen atoms in total. The molecule has 3 rings (SSSR count). The van der Waals surface area contributed by atoms with Gasteiger partial charge in [-0.25, -0.2) is 0 Å². The first-order valence-electron chi connectivity index (χ1n) is 10.2. The number of nitrogens with one attached hydrogen (secondary N) is 1. The highest BCUT2D eigenvalue weighted by atomic mass is 35.5. The van der Waals surface area contributed by atoms with E-state index in [1.807, 2.05) is 12.1 Å². The standard InChI is InChI=1S/C23H29ClN2O5.ClH.H2O/c1-29-19-14-18(15-20(30-2)22(19)31-3)25-21(27)8-11-26-12-9-23(28,10-13-26)16-4-6-17(24)7-5-16;;/h4-7,14-15,28H,8-13H2,1-3H3,(H,25,27);1H;1H2. The second-order valence-corrected chi connectivity index (χ2v) is 8.03. The number of methoxy groups -OCH3 is 3. The molecule has 2 aromatic rings. The molecule has 0 unspecified atom stereocenters. The number of halogens is 2. The molecule has 1 heterocycles. The number of ether oxygens (including phenoxy) is 3. The monoisotopic (exact) mass is 502 g/mol. The van der Waals surface area contributed by atoms with Gasteiger partial charge in [-0.2, -0.15) is 0 Å². The van der Waals surface area contributed by atoms with Crippen LogP contribution in [-0.2, 0) is 10.4 Å². The topological polar surface area (TPSA) is 112 Å². The van der Waals surface area contributed by atoms with E-state index in [9.17, 15) is 9.90 Å². The molecule has 1 fully saturated rings. The van der Waals surface area contributed by atoms with E-state index < -0.39 is 5.60 Å². The predicted octanol–water partition coefficient (Wildman–Crippen LogP) is 3.28. The highest BCUT2D eigenvalue weighted by Crippen LogP contribution is 2.40. The molecule has 0 spiro atoms. The van der Waals surface area contributed by atoms with E-state index in [4.69, 9.17) is 25.8 Å². The fourth-order valence-corrected chi connectivity index (χ4v) is 3.96. The highest BCUT2D eigenvalue weighted by Gasteiger charge is 2.33. The largest absolute Gasteiger partial charge is 0.493 e. The Hall–Kier alpha value is -2.23. The van der Waals surface area contributed by atoms with Crippen molar-refractivity contribution in [2.24, 2.45) is 0 Å². The number of likely N-dealkylation sites (tertiary alicyclic amines) is 1. The summed E-state index contributed by atoms with van der Waals surface area (Å²) in [7, 11) is 4.60. The Morgan fingerprint density at radius 2 is 1.61 bits per heavy atom. The van der Waals surface area contributed by atoms with Gasteiger partial charge in [0.15, 0.2) is 11.5 Å². The van der Waals surface area contributed by atoms with E-state index in [2.05, 4.69) is 10.2 Å². The van der Waals surface area contributed by atoms with Crippen molar-refractivity contribution in [3.05, 3.63) is 47.0 Å². The summed E-state index contributed by atoms with van der Waals surface area (Å²) in [5, 5.41) is 14.5. The average Bonchev–Trinajstić information content (AvgIpc) is 2.78. The number of hydrogen-bond acceptors (Lipinski definition) is 6. The molecule has 10 heteroatoms. The van der Waals surface area contributed by atoms with Crippen LogP contribution in [-0.4, -0.2) is 62.4 Å². The van der Waals surface area contributed by atoms with Crippen LogP contribution in [0.4, 0.5) is 5.69 Å². The van der Waals surface area contributed by atoms with Crippen LogP contribution in [0.5, 0.6) is 17.2 Å². The number of amides is 1. The Morgan fingerprint density at radius 3 is 2.09 bits per heavy atom. The average molecular weight is 503 g/mol. The molecule has 2 aromatic carbocycles. The number of anilines is 1. The minimum absolute atomic E-state index is 0. The highest BCUT2D eigenvalue weighted by molar-refractivity contribution is 6.30. The molecule has 0 atom stereocenters. The van der Waals surface area contributed by atoms with Gasteiger partial charge in [0.2, 0.25) is 11.7 Å². The second kappa shape index (κ2) is 12.9. The zero-order valence-corrected chi connectivity index (χ0v) is 20.6. The van der Waals surface area contributed by atoms with Crippen molar-refractivity contribution >= 4 is 35.6 Å². The van der Waals surface area contributed by atoms with Crippen LogP contribution in [0.1, 0.15) is 24.8 Å². The van der Waals surface area contributed by atoms with Gasteiger partial charge >= 0.3 is 0 Å². The third kappa shape index (κ3) is 7.12. The Labute approximate surface area is 205 Å². The summed E-state index contributed by atoms with van der Waals surface area (Å²) >= 11 is 5.95. The number of aliphatic hydroxyl groups is 1. The van der Waals surface area contributed by atoms with Crippen molar-refractivity contribution < 1.29 is 29.6 Å². The summed E-state index contributed by atoms with van der Waals surface area (Å²) in [5.41, 5.74) is 0.617. The van der Waals surface area contributed by atoms with E-state index in [0.717, 1.165) is 18.7 Å². The minimum atomic E-state index is -0.848. The first kappa shape index (κ1) is 28.8. The molecule has 0 bridgehead atoms. The molecule has 33 heavy (non-hydrogen) atoms. The van der Waals surface area contributed by atoms with Gasteiger partial charge in [0, 0.05) is 48.9 Å². The minimum Gasteiger partial charge on any atom is -0.493 e. The summed E-state index contributed by atoms with van der Waals surface area (Å²) < 4.78 is 15.9. The van der Waals surface area contributed by atoms with Gasteiger partial charge in [-0.05, 0) is 30.5 Å². The van der Waals surface area contributed by atoms with E-state index in [0.29, 0.717) is 53.8 Å². The summed E-state index contributed by atoms with van der Waals surface area (Å²) in [6, 6.07) is 10.8. The van der Waals surface area contributed by atoms with Crippen molar-refractivity contribution in [2.75, 3.05) is 46.3 Å². The molecule has 1 aliphatic rings. The smallest absolute Gasteiger partial charge is 0.225 e. The maximum Gasteiger partial charge on any atom is 0.225 e. The third-order valence-corrected chi connectivity index (χ3v) is 5.92. The molecule has 0 saturated carbocycles. The van der Waals surface area contributed by atoms with Crippen LogP contribution in [0.25, 0.3) is 0 Å². The van der Waals surface area contributed by atoms with E-state index in [1.165, 1.54) is 21.3 Å². The zero-order chi connectivity index (χ0) is 22.4. The maximum atomic E-state index is 12.5. The summed E-state index contributed by atoms with van der Waals surface area (Å²) in [5.74, 6) is 1.33. The van der Waals surface area contributed by atoms with Crippen molar-refractivity contribution in [1.82, 2.24) is 4.90 Å². The second-order valence-electron chi connectivity index (χ2n) is 7.59. The molecule has 4 N–H and O–H groups in total. The van der Waals surface area contributed by atoms with Gasteiger partial charge in [-0.15, -0.1) is 12.4 Å². The Kier molecular flexibility index (Phi) is 11.2. The van der Waals surface area contributed by atoms with Gasteiger partial charge in [-0.3, -0.25) is 4.79 Å². The summed E-state index contributed by atoms with van der Waals surface area (Å²) in [6.07, 6.45) is 1.57. The van der Waals surface area contributed by atoms with Gasteiger partial charge in [0.05, 0.1) is 26.9 Å². The lowest BCUT2D eigenvalue weighted by atomic mass is 9.84. The van der Waals surface area contributed by atoms with Gasteiger partial charge in [0.25, 0.3) is 0 Å². The van der Waals surface area contributed by atoms with Crippen molar-refractivity contribution in [3.8, 4) is 17.2 Å². The maximum absolute atomic E-state index is 12.5. The number of carbonyl (C=O) groups excluding carboxylic acids is 1. The first-order chi connectivity index (χ1) is 14.9. The first-order valence-corrected chi connectivity index (χ1v) is 10.6. The molecule has 1 aliphatic heterocycles. The van der Waals surface area contributed by atoms with Crippen LogP contribution in [0.15, 0.2) is 36.4 Å². The van der Waals surface area contributed by atoms with Crippen molar-refractivity contribution in [3.63, 3.8) is 0 Å². The molecule has 184 valence electrons. The fraction of sp³-hybridized carbons (Fsp3) is 0.435. The van der Waals surface area contributed by atoms with Gasteiger partial charge < -0.3 is 35.0 Å². The number of hydrogen-bond donors (Lipinski definition) is 2. The Bertz CT molecular complexity index is 877. The Balaban J connectivity index is 0.00000272. The van der Waals surface area contributed by atoms with Crippen molar-refractivity contribution in [2.45, 2.75) is 24.9 Å². The normalized spacial score (nSPS) is 14.9. The lowest BCUT2D eigenvalue weighted by Gasteiger charge is -2.38. The fourth-order valence-electron chi connectivity index (χ4n) is 3.83. The quantitative estimate of drug-likeness (QED) is 0.572. The molecular weight excluding hydrogens is 471 g/mol. The third-order valence-electron chi connectivity index (χ3n) is 5.67.